The molecule has 0 aromatic carbocycles. The molecule has 0 N–H and O–H groups in total. The predicted molar refractivity (Wildman–Crippen MR) is 82.6 cm³/mol. The molecule has 0 saturated heterocycles. The molecule has 1 saturated carbocycles. The van der Waals surface area contributed by atoms with Crippen molar-refractivity contribution in [3.63, 3.8) is 0 Å². The van der Waals surface area contributed by atoms with Gasteiger partial charge in [0, 0.05) is 0 Å². The molecule has 0 radical (unpaired) electrons. The van der Waals surface area contributed by atoms with Gasteiger partial charge in [0.05, 0.1) is 0 Å². The summed E-state index contributed by atoms with van der Waals surface area (Å²) in [6.45, 7) is 17.1. The Morgan fingerprint density at radius 2 is 1.50 bits per heavy atom. The average molecular weight is 252 g/mol. The van der Waals surface area contributed by atoms with Gasteiger partial charge in [-0.15, -0.1) is 0 Å². The average Bonchev–Trinajstić information content (AvgIpc) is 2.28. The lowest BCUT2D eigenvalue weighted by Crippen LogP contribution is -2.35. The standard InChI is InChI=1S/C18H36/c1-8-16-10-9-14(6)17(11-16)15(7)18(12(2)3)13(4)5/h12-18H,8-11H2,1-7H3. The molecule has 1 fully saturated rings. The van der Waals surface area contributed by atoms with E-state index < -0.39 is 0 Å². The van der Waals surface area contributed by atoms with Crippen molar-refractivity contribution in [1.82, 2.24) is 0 Å². The van der Waals surface area contributed by atoms with Crippen LogP contribution >= 0.6 is 0 Å². The summed E-state index contributed by atoms with van der Waals surface area (Å²) in [7, 11) is 0. The van der Waals surface area contributed by atoms with E-state index in [9.17, 15) is 0 Å². The van der Waals surface area contributed by atoms with E-state index >= 15 is 0 Å². The molecule has 0 nitrogen and oxygen atoms in total. The molecular weight excluding hydrogens is 216 g/mol. The Bertz CT molecular complexity index is 220. The molecule has 0 aliphatic heterocycles. The number of hydrogen-bond donors (Lipinski definition) is 0. The molecule has 0 aromatic heterocycles. The van der Waals surface area contributed by atoms with Crippen LogP contribution in [0.4, 0.5) is 0 Å². The SMILES string of the molecule is CCC1CCC(C)C(C(C)C(C(C)C)C(C)C)C1. The Morgan fingerprint density at radius 1 is 0.944 bits per heavy atom. The lowest BCUT2D eigenvalue weighted by atomic mass is 9.62. The summed E-state index contributed by atoms with van der Waals surface area (Å²) in [5, 5.41) is 0. The van der Waals surface area contributed by atoms with Crippen LogP contribution in [0.2, 0.25) is 0 Å². The summed E-state index contributed by atoms with van der Waals surface area (Å²) in [6.07, 6.45) is 5.84. The number of hydrogen-bond acceptors (Lipinski definition) is 0. The molecular formula is C18H36. The molecule has 0 aromatic rings. The molecule has 0 spiro atoms. The summed E-state index contributed by atoms with van der Waals surface area (Å²) < 4.78 is 0. The third-order valence-electron chi connectivity index (χ3n) is 5.77. The van der Waals surface area contributed by atoms with Crippen molar-refractivity contribution in [1.29, 1.82) is 0 Å². The fourth-order valence-corrected chi connectivity index (χ4v) is 4.82. The Labute approximate surface area is 116 Å². The summed E-state index contributed by atoms with van der Waals surface area (Å²) in [5.74, 6) is 6.38. The van der Waals surface area contributed by atoms with Gasteiger partial charge in [-0.05, 0) is 47.8 Å². The zero-order valence-electron chi connectivity index (χ0n) is 13.9. The van der Waals surface area contributed by atoms with Gasteiger partial charge in [-0.3, -0.25) is 0 Å². The van der Waals surface area contributed by atoms with Crippen LogP contribution in [0.3, 0.4) is 0 Å². The third kappa shape index (κ3) is 3.75. The highest BCUT2D eigenvalue weighted by Crippen LogP contribution is 2.44. The molecule has 18 heavy (non-hydrogen) atoms. The first-order chi connectivity index (χ1) is 8.38. The largest absolute Gasteiger partial charge is 0.0651 e. The van der Waals surface area contributed by atoms with E-state index in [0.29, 0.717) is 0 Å². The first-order valence-corrected chi connectivity index (χ1v) is 8.38. The van der Waals surface area contributed by atoms with Crippen LogP contribution in [0.25, 0.3) is 0 Å². The van der Waals surface area contributed by atoms with Gasteiger partial charge < -0.3 is 0 Å². The van der Waals surface area contributed by atoms with Crippen molar-refractivity contribution in [3.05, 3.63) is 0 Å². The minimum absolute atomic E-state index is 0.828. The van der Waals surface area contributed by atoms with Gasteiger partial charge in [0.25, 0.3) is 0 Å². The second kappa shape index (κ2) is 6.96. The van der Waals surface area contributed by atoms with Gasteiger partial charge in [0.1, 0.15) is 0 Å². The van der Waals surface area contributed by atoms with Crippen LogP contribution in [0.15, 0.2) is 0 Å². The minimum atomic E-state index is 0.828. The maximum atomic E-state index is 2.55. The van der Waals surface area contributed by atoms with Gasteiger partial charge in [-0.1, -0.05) is 67.7 Å². The predicted octanol–water partition coefficient (Wildman–Crippen LogP) is 6.01. The lowest BCUT2D eigenvalue weighted by Gasteiger charge is -2.43. The van der Waals surface area contributed by atoms with Crippen LogP contribution in [0.1, 0.15) is 74.1 Å². The Morgan fingerprint density at radius 3 is 1.94 bits per heavy atom. The second-order valence-corrected chi connectivity index (χ2v) is 7.65. The van der Waals surface area contributed by atoms with Crippen molar-refractivity contribution in [2.75, 3.05) is 0 Å². The fourth-order valence-electron chi connectivity index (χ4n) is 4.82. The van der Waals surface area contributed by atoms with Crippen LogP contribution in [-0.4, -0.2) is 0 Å². The van der Waals surface area contributed by atoms with E-state index in [0.717, 1.165) is 41.4 Å². The summed E-state index contributed by atoms with van der Waals surface area (Å²) >= 11 is 0. The van der Waals surface area contributed by atoms with E-state index in [4.69, 9.17) is 0 Å². The van der Waals surface area contributed by atoms with Gasteiger partial charge in [0.2, 0.25) is 0 Å². The molecule has 0 heteroatoms. The topological polar surface area (TPSA) is 0 Å². The molecule has 1 aliphatic rings. The second-order valence-electron chi connectivity index (χ2n) is 7.65. The molecule has 108 valence electrons. The molecule has 1 rings (SSSR count). The first kappa shape index (κ1) is 16.1. The fraction of sp³-hybridized carbons (Fsp3) is 1.00. The van der Waals surface area contributed by atoms with Crippen LogP contribution < -0.4 is 0 Å². The normalized spacial score (nSPS) is 31.3. The maximum absolute atomic E-state index is 2.55. The van der Waals surface area contributed by atoms with E-state index in [-0.39, 0.29) is 0 Å². The number of rotatable bonds is 5. The smallest absolute Gasteiger partial charge is 0.0339 e. The maximum Gasteiger partial charge on any atom is -0.0339 e. The Balaban J connectivity index is 2.75. The molecule has 4 unspecified atom stereocenters. The Kier molecular flexibility index (Phi) is 6.21. The minimum Gasteiger partial charge on any atom is -0.0651 e. The van der Waals surface area contributed by atoms with Crippen molar-refractivity contribution in [3.8, 4) is 0 Å². The van der Waals surface area contributed by atoms with E-state index in [1.165, 1.54) is 25.7 Å². The quantitative estimate of drug-likeness (QED) is 0.562. The zero-order chi connectivity index (χ0) is 13.9. The van der Waals surface area contributed by atoms with Crippen LogP contribution in [-0.2, 0) is 0 Å². The highest BCUT2D eigenvalue weighted by atomic mass is 14.4. The first-order valence-electron chi connectivity index (χ1n) is 8.38. The van der Waals surface area contributed by atoms with Gasteiger partial charge >= 0.3 is 0 Å². The van der Waals surface area contributed by atoms with E-state index in [1.54, 1.807) is 0 Å². The highest BCUT2D eigenvalue weighted by Gasteiger charge is 2.36. The van der Waals surface area contributed by atoms with Crippen molar-refractivity contribution in [2.24, 2.45) is 41.4 Å². The zero-order valence-corrected chi connectivity index (χ0v) is 13.9. The molecule has 4 atom stereocenters. The molecule has 0 heterocycles. The van der Waals surface area contributed by atoms with Crippen molar-refractivity contribution in [2.45, 2.75) is 74.1 Å². The summed E-state index contributed by atoms with van der Waals surface area (Å²) in [4.78, 5) is 0. The van der Waals surface area contributed by atoms with Crippen LogP contribution in [0.5, 0.6) is 0 Å². The van der Waals surface area contributed by atoms with Gasteiger partial charge in [-0.2, -0.15) is 0 Å². The summed E-state index contributed by atoms with van der Waals surface area (Å²) in [5.41, 5.74) is 0. The van der Waals surface area contributed by atoms with Crippen LogP contribution in [0, 0.1) is 41.4 Å². The van der Waals surface area contributed by atoms with E-state index in [2.05, 4.69) is 48.5 Å². The Hall–Kier alpha value is 0. The summed E-state index contributed by atoms with van der Waals surface area (Å²) in [6, 6.07) is 0. The van der Waals surface area contributed by atoms with Gasteiger partial charge in [-0.25, -0.2) is 0 Å². The van der Waals surface area contributed by atoms with Crippen molar-refractivity contribution >= 4 is 0 Å². The highest BCUT2D eigenvalue weighted by molar-refractivity contribution is 4.85. The monoisotopic (exact) mass is 252 g/mol. The lowest BCUT2D eigenvalue weighted by molar-refractivity contribution is 0.0636. The molecule has 0 amide bonds. The van der Waals surface area contributed by atoms with E-state index in [1.807, 2.05) is 0 Å². The molecule has 1 aliphatic carbocycles. The van der Waals surface area contributed by atoms with Gasteiger partial charge in [0.15, 0.2) is 0 Å². The van der Waals surface area contributed by atoms with Crippen molar-refractivity contribution < 1.29 is 0 Å². The molecule has 0 bridgehead atoms. The third-order valence-corrected chi connectivity index (χ3v) is 5.77.